The van der Waals surface area contributed by atoms with Crippen molar-refractivity contribution >= 4 is 16.9 Å². The summed E-state index contributed by atoms with van der Waals surface area (Å²) in [5, 5.41) is 3.07. The van der Waals surface area contributed by atoms with Gasteiger partial charge < -0.3 is 24.1 Å². The molecule has 1 heterocycles. The van der Waals surface area contributed by atoms with E-state index in [-0.39, 0.29) is 11.9 Å². The maximum Gasteiger partial charge on any atom is 0.251 e. The van der Waals surface area contributed by atoms with Crippen LogP contribution >= 0.6 is 0 Å². The fourth-order valence-electron chi connectivity index (χ4n) is 4.25. The van der Waals surface area contributed by atoms with Gasteiger partial charge in [0, 0.05) is 5.56 Å². The number of aromatic nitrogens is 2. The summed E-state index contributed by atoms with van der Waals surface area (Å²) in [5.41, 5.74) is 4.57. The third kappa shape index (κ3) is 5.09. The van der Waals surface area contributed by atoms with Crippen molar-refractivity contribution in [3.05, 3.63) is 83.2 Å². The quantitative estimate of drug-likeness (QED) is 0.360. The zero-order valence-electron chi connectivity index (χ0n) is 20.8. The van der Waals surface area contributed by atoms with Crippen LogP contribution in [0.3, 0.4) is 0 Å². The van der Waals surface area contributed by atoms with Gasteiger partial charge in [0.2, 0.25) is 0 Å². The first-order chi connectivity index (χ1) is 16.9. The number of para-hydroxylation sites is 3. The largest absolute Gasteiger partial charge is 0.493 e. The zero-order chi connectivity index (χ0) is 24.9. The highest BCUT2D eigenvalue weighted by atomic mass is 16.5. The highest BCUT2D eigenvalue weighted by Crippen LogP contribution is 2.28. The summed E-state index contributed by atoms with van der Waals surface area (Å²) in [6.45, 7) is 7.11. The van der Waals surface area contributed by atoms with Crippen LogP contribution < -0.4 is 19.5 Å². The average molecular weight is 474 g/mol. The molecule has 1 amide bonds. The summed E-state index contributed by atoms with van der Waals surface area (Å²) in [6.07, 6.45) is 0. The maximum atomic E-state index is 13.0. The third-order valence-corrected chi connectivity index (χ3v) is 6.03. The lowest BCUT2D eigenvalue weighted by atomic mass is 10.1. The molecule has 7 nitrogen and oxygen atoms in total. The van der Waals surface area contributed by atoms with E-state index in [1.807, 2.05) is 63.2 Å². The number of benzene rings is 3. The molecule has 1 unspecified atom stereocenters. The van der Waals surface area contributed by atoms with Crippen LogP contribution in [0.5, 0.6) is 17.2 Å². The lowest BCUT2D eigenvalue weighted by Gasteiger charge is -2.18. The molecule has 35 heavy (non-hydrogen) atoms. The Labute approximate surface area is 205 Å². The van der Waals surface area contributed by atoms with Gasteiger partial charge in [-0.15, -0.1) is 0 Å². The van der Waals surface area contributed by atoms with Crippen molar-refractivity contribution in [3.63, 3.8) is 0 Å². The van der Waals surface area contributed by atoms with Crippen LogP contribution in [0.4, 0.5) is 0 Å². The molecule has 0 saturated carbocycles. The minimum atomic E-state index is -0.330. The molecule has 3 aromatic carbocycles. The minimum absolute atomic E-state index is 0.219. The lowest BCUT2D eigenvalue weighted by molar-refractivity contribution is 0.0937. The van der Waals surface area contributed by atoms with E-state index >= 15 is 0 Å². The molecule has 0 aliphatic carbocycles. The number of carbonyl (C=O) groups is 1. The fraction of sp³-hybridized carbons (Fsp3) is 0.286. The van der Waals surface area contributed by atoms with Gasteiger partial charge in [-0.05, 0) is 62.2 Å². The Morgan fingerprint density at radius 1 is 0.971 bits per heavy atom. The van der Waals surface area contributed by atoms with Crippen LogP contribution in [0.15, 0.2) is 60.7 Å². The van der Waals surface area contributed by atoms with Crippen molar-refractivity contribution in [2.45, 2.75) is 33.4 Å². The second-order valence-corrected chi connectivity index (χ2v) is 8.44. The summed E-state index contributed by atoms with van der Waals surface area (Å²) >= 11 is 0. The summed E-state index contributed by atoms with van der Waals surface area (Å²) in [7, 11) is 3.11. The number of fused-ring (bicyclic) bond motifs is 1. The van der Waals surface area contributed by atoms with Crippen LogP contribution in [-0.4, -0.2) is 36.3 Å². The molecule has 1 atom stereocenters. The first kappa shape index (κ1) is 24.1. The van der Waals surface area contributed by atoms with Gasteiger partial charge in [-0.2, -0.15) is 0 Å². The highest BCUT2D eigenvalue weighted by Gasteiger charge is 2.20. The third-order valence-electron chi connectivity index (χ3n) is 6.03. The van der Waals surface area contributed by atoms with Crippen molar-refractivity contribution < 1.29 is 19.0 Å². The van der Waals surface area contributed by atoms with Crippen molar-refractivity contribution in [2.75, 3.05) is 20.8 Å². The second-order valence-electron chi connectivity index (χ2n) is 8.44. The van der Waals surface area contributed by atoms with Crippen LogP contribution in [0.25, 0.3) is 11.0 Å². The molecular weight excluding hydrogens is 442 g/mol. The topological polar surface area (TPSA) is 74.6 Å². The number of imidazole rings is 1. The van der Waals surface area contributed by atoms with Gasteiger partial charge in [-0.3, -0.25) is 4.79 Å². The van der Waals surface area contributed by atoms with E-state index in [2.05, 4.69) is 9.88 Å². The van der Waals surface area contributed by atoms with Crippen LogP contribution in [-0.2, 0) is 6.54 Å². The Morgan fingerprint density at radius 2 is 1.69 bits per heavy atom. The smallest absolute Gasteiger partial charge is 0.251 e. The Morgan fingerprint density at radius 3 is 2.40 bits per heavy atom. The van der Waals surface area contributed by atoms with Gasteiger partial charge >= 0.3 is 0 Å². The summed E-state index contributed by atoms with van der Waals surface area (Å²) in [5.74, 6) is 2.54. The summed E-state index contributed by atoms with van der Waals surface area (Å²) in [6, 6.07) is 18.9. The molecule has 4 rings (SSSR count). The average Bonchev–Trinajstić information content (AvgIpc) is 3.24. The van der Waals surface area contributed by atoms with Gasteiger partial charge in [-0.25, -0.2) is 4.98 Å². The molecule has 182 valence electrons. The molecule has 1 aromatic heterocycles. The van der Waals surface area contributed by atoms with E-state index in [9.17, 15) is 4.79 Å². The number of ether oxygens (including phenoxy) is 3. The second kappa shape index (κ2) is 10.5. The molecule has 0 fully saturated rings. The number of hydrogen-bond acceptors (Lipinski definition) is 5. The Kier molecular flexibility index (Phi) is 7.25. The van der Waals surface area contributed by atoms with Crippen LogP contribution in [0.1, 0.15) is 40.3 Å². The zero-order valence-corrected chi connectivity index (χ0v) is 20.8. The summed E-state index contributed by atoms with van der Waals surface area (Å²) < 4.78 is 18.9. The van der Waals surface area contributed by atoms with Gasteiger partial charge in [0.05, 0.1) is 37.8 Å². The van der Waals surface area contributed by atoms with Crippen LogP contribution in [0.2, 0.25) is 0 Å². The van der Waals surface area contributed by atoms with Crippen molar-refractivity contribution in [1.29, 1.82) is 0 Å². The number of amides is 1. The van der Waals surface area contributed by atoms with Gasteiger partial charge in [-0.1, -0.05) is 30.3 Å². The molecule has 0 aliphatic heterocycles. The minimum Gasteiger partial charge on any atom is -0.493 e. The number of nitrogens with zero attached hydrogens (tertiary/aromatic N) is 2. The van der Waals surface area contributed by atoms with E-state index in [1.54, 1.807) is 32.4 Å². The molecule has 0 bridgehead atoms. The SMILES string of the molecule is COc1ccc(C(=O)NC(C)c2nc3ccccc3n2CCOc2c(C)cccc2C)cc1OC. The molecule has 0 spiro atoms. The van der Waals surface area contributed by atoms with E-state index in [0.717, 1.165) is 33.7 Å². The van der Waals surface area contributed by atoms with Crippen LogP contribution in [0, 0.1) is 13.8 Å². The number of hydrogen-bond donors (Lipinski definition) is 1. The first-order valence-corrected chi connectivity index (χ1v) is 11.6. The molecule has 4 aromatic rings. The number of methoxy groups -OCH3 is 2. The Bertz CT molecular complexity index is 1330. The number of rotatable bonds is 9. The highest BCUT2D eigenvalue weighted by molar-refractivity contribution is 5.95. The van der Waals surface area contributed by atoms with E-state index in [0.29, 0.717) is 30.2 Å². The standard InChI is InChI=1S/C28H31N3O4/c1-18-9-8-10-19(2)26(18)35-16-15-31-23-12-7-6-11-22(23)30-27(31)20(3)29-28(32)21-13-14-24(33-4)25(17-21)34-5/h6-14,17,20H,15-16H2,1-5H3,(H,29,32). The Hall–Kier alpha value is -4.00. The van der Waals surface area contributed by atoms with Gasteiger partial charge in [0.25, 0.3) is 5.91 Å². The number of carbonyl (C=O) groups excluding carboxylic acids is 1. The lowest BCUT2D eigenvalue weighted by Crippen LogP contribution is -2.29. The summed E-state index contributed by atoms with van der Waals surface area (Å²) in [4.78, 5) is 17.9. The fourth-order valence-corrected chi connectivity index (χ4v) is 4.25. The molecule has 1 N–H and O–H groups in total. The molecule has 0 saturated heterocycles. The maximum absolute atomic E-state index is 13.0. The predicted molar refractivity (Wildman–Crippen MR) is 137 cm³/mol. The van der Waals surface area contributed by atoms with Crippen molar-refractivity contribution in [3.8, 4) is 17.2 Å². The molecule has 7 heteroatoms. The number of nitrogens with one attached hydrogen (secondary N) is 1. The van der Waals surface area contributed by atoms with E-state index in [1.165, 1.54) is 0 Å². The van der Waals surface area contributed by atoms with E-state index < -0.39 is 0 Å². The van der Waals surface area contributed by atoms with Gasteiger partial charge in [0.1, 0.15) is 18.2 Å². The van der Waals surface area contributed by atoms with Crippen molar-refractivity contribution in [2.24, 2.45) is 0 Å². The molecule has 0 aliphatic rings. The van der Waals surface area contributed by atoms with E-state index in [4.69, 9.17) is 19.2 Å². The number of aryl methyl sites for hydroxylation is 2. The van der Waals surface area contributed by atoms with Crippen molar-refractivity contribution in [1.82, 2.24) is 14.9 Å². The van der Waals surface area contributed by atoms with Gasteiger partial charge in [0.15, 0.2) is 11.5 Å². The normalized spacial score (nSPS) is 11.8. The molecule has 0 radical (unpaired) electrons. The predicted octanol–water partition coefficient (Wildman–Crippen LogP) is 5.24. The molecular formula is C28H31N3O4. The Balaban J connectivity index is 1.55. The monoisotopic (exact) mass is 473 g/mol. The first-order valence-electron chi connectivity index (χ1n) is 11.6.